The first-order valence-electron chi connectivity index (χ1n) is 15.6. The van der Waals surface area contributed by atoms with Crippen molar-refractivity contribution in [1.29, 1.82) is 0 Å². The summed E-state index contributed by atoms with van der Waals surface area (Å²) in [7, 11) is 0. The van der Waals surface area contributed by atoms with Crippen molar-refractivity contribution in [2.24, 2.45) is 11.7 Å². The number of hydrogen-bond donors (Lipinski definition) is 5. The Hall–Kier alpha value is -4.36. The highest BCUT2D eigenvalue weighted by molar-refractivity contribution is 7.98. The van der Waals surface area contributed by atoms with Crippen LogP contribution in [0.5, 0.6) is 0 Å². The molecular formula is C34H45N5O7S. The van der Waals surface area contributed by atoms with E-state index < -0.39 is 47.6 Å². The van der Waals surface area contributed by atoms with Crippen molar-refractivity contribution in [3.8, 4) is 0 Å². The van der Waals surface area contributed by atoms with Crippen LogP contribution in [0.1, 0.15) is 50.7 Å². The van der Waals surface area contributed by atoms with Gasteiger partial charge in [-0.1, -0.05) is 44.2 Å². The molecule has 3 aromatic rings. The van der Waals surface area contributed by atoms with Crippen LogP contribution in [0.2, 0.25) is 0 Å². The van der Waals surface area contributed by atoms with Crippen LogP contribution in [0.3, 0.4) is 0 Å². The van der Waals surface area contributed by atoms with Crippen LogP contribution in [-0.2, 0) is 25.7 Å². The number of nitrogens with two attached hydrogens (primary N) is 1. The summed E-state index contributed by atoms with van der Waals surface area (Å²) in [6.45, 7) is 5.79. The second kappa shape index (κ2) is 18.7. The maximum Gasteiger partial charge on any atom is 0.408 e. The molecule has 47 heavy (non-hydrogen) atoms. The van der Waals surface area contributed by atoms with Crippen LogP contribution < -0.4 is 32.6 Å². The number of hydrogen-bond acceptors (Lipinski definition) is 9. The highest BCUT2D eigenvalue weighted by atomic mass is 32.2. The highest BCUT2D eigenvalue weighted by Crippen LogP contribution is 2.21. The number of amides is 4. The van der Waals surface area contributed by atoms with Crippen molar-refractivity contribution in [2.45, 2.75) is 71.2 Å². The van der Waals surface area contributed by atoms with Crippen LogP contribution in [0, 0.1) is 12.8 Å². The lowest BCUT2D eigenvalue weighted by Gasteiger charge is -2.26. The van der Waals surface area contributed by atoms with Gasteiger partial charge in [0, 0.05) is 23.2 Å². The SMILES string of the molecule is CSCC[C@H](NC(=O)[C@H](CCCCN)NC(=O)[C@@H](NC(=O)OCc1ccccc1)C(C)C)C(=O)Nc1ccc2c(C)cc(=O)oc2c1. The number of nitrogens with one attached hydrogen (secondary N) is 4. The predicted molar refractivity (Wildman–Crippen MR) is 184 cm³/mol. The zero-order chi connectivity index (χ0) is 34.3. The van der Waals surface area contributed by atoms with E-state index in [1.165, 1.54) is 17.8 Å². The zero-order valence-electron chi connectivity index (χ0n) is 27.3. The van der Waals surface area contributed by atoms with Gasteiger partial charge in [-0.3, -0.25) is 14.4 Å². The fraction of sp³-hybridized carbons (Fsp3) is 0.441. The summed E-state index contributed by atoms with van der Waals surface area (Å²) >= 11 is 1.52. The quantitative estimate of drug-likeness (QED) is 0.106. The Kier molecular flexibility index (Phi) is 14.8. The van der Waals surface area contributed by atoms with E-state index in [0.717, 1.165) is 16.5 Å². The molecule has 0 fully saturated rings. The molecule has 0 saturated heterocycles. The van der Waals surface area contributed by atoms with E-state index in [0.29, 0.717) is 42.8 Å². The number of fused-ring (bicyclic) bond motifs is 1. The van der Waals surface area contributed by atoms with Gasteiger partial charge in [0.1, 0.15) is 30.3 Å². The van der Waals surface area contributed by atoms with Crippen molar-refractivity contribution in [3.05, 3.63) is 76.1 Å². The molecule has 0 saturated carbocycles. The second-order valence-electron chi connectivity index (χ2n) is 11.6. The Morgan fingerprint density at radius 1 is 0.894 bits per heavy atom. The molecule has 3 rings (SSSR count). The first-order chi connectivity index (χ1) is 22.5. The van der Waals surface area contributed by atoms with E-state index in [2.05, 4.69) is 21.3 Å². The number of anilines is 1. The number of benzene rings is 2. The number of ether oxygens (including phenoxy) is 1. The van der Waals surface area contributed by atoms with E-state index in [9.17, 15) is 24.0 Å². The van der Waals surface area contributed by atoms with Crippen molar-refractivity contribution < 1.29 is 28.3 Å². The predicted octanol–water partition coefficient (Wildman–Crippen LogP) is 3.84. The maximum absolute atomic E-state index is 13.6. The highest BCUT2D eigenvalue weighted by Gasteiger charge is 2.31. The molecule has 0 unspecified atom stereocenters. The van der Waals surface area contributed by atoms with E-state index >= 15 is 0 Å². The number of rotatable bonds is 17. The summed E-state index contributed by atoms with van der Waals surface area (Å²) in [5.74, 6) is -1.29. The Morgan fingerprint density at radius 3 is 2.28 bits per heavy atom. The Labute approximate surface area is 278 Å². The van der Waals surface area contributed by atoms with Gasteiger partial charge in [-0.25, -0.2) is 9.59 Å². The van der Waals surface area contributed by atoms with E-state index in [1.807, 2.05) is 36.6 Å². The largest absolute Gasteiger partial charge is 0.445 e. The van der Waals surface area contributed by atoms with Crippen LogP contribution in [0.15, 0.2) is 63.8 Å². The number of thioether (sulfide) groups is 1. The molecule has 1 aromatic heterocycles. The van der Waals surface area contributed by atoms with Gasteiger partial charge in [0.25, 0.3) is 0 Å². The number of carbonyl (C=O) groups is 4. The van der Waals surface area contributed by atoms with E-state index in [-0.39, 0.29) is 18.9 Å². The Bertz CT molecular complexity index is 1560. The van der Waals surface area contributed by atoms with Crippen LogP contribution in [0.25, 0.3) is 11.0 Å². The van der Waals surface area contributed by atoms with Gasteiger partial charge in [-0.15, -0.1) is 0 Å². The summed E-state index contributed by atoms with van der Waals surface area (Å²) in [6, 6.07) is 12.7. The Morgan fingerprint density at radius 2 is 1.60 bits per heavy atom. The average molecular weight is 668 g/mol. The summed E-state index contributed by atoms with van der Waals surface area (Å²) in [5.41, 5.74) is 7.46. The van der Waals surface area contributed by atoms with Gasteiger partial charge >= 0.3 is 11.7 Å². The average Bonchev–Trinajstić information content (AvgIpc) is 3.04. The smallest absolute Gasteiger partial charge is 0.408 e. The van der Waals surface area contributed by atoms with Gasteiger partial charge in [0.15, 0.2) is 0 Å². The molecule has 0 spiro atoms. The van der Waals surface area contributed by atoms with Crippen molar-refractivity contribution in [1.82, 2.24) is 16.0 Å². The minimum atomic E-state index is -0.986. The third kappa shape index (κ3) is 11.7. The van der Waals surface area contributed by atoms with Crippen molar-refractivity contribution in [2.75, 3.05) is 23.9 Å². The fourth-order valence-electron chi connectivity index (χ4n) is 4.86. The lowest BCUT2D eigenvalue weighted by Crippen LogP contribution is -2.57. The molecule has 2 aromatic carbocycles. The molecule has 0 aliphatic rings. The summed E-state index contributed by atoms with van der Waals surface area (Å²) < 4.78 is 10.6. The number of unbranched alkanes of at least 4 members (excludes halogenated alkanes) is 1. The minimum Gasteiger partial charge on any atom is -0.445 e. The molecule has 3 atom stereocenters. The summed E-state index contributed by atoms with van der Waals surface area (Å²) in [4.78, 5) is 64.9. The van der Waals surface area contributed by atoms with Crippen LogP contribution in [0.4, 0.5) is 10.5 Å². The van der Waals surface area contributed by atoms with E-state index in [4.69, 9.17) is 14.9 Å². The molecule has 0 radical (unpaired) electrons. The van der Waals surface area contributed by atoms with Crippen LogP contribution in [-0.4, -0.2) is 60.5 Å². The topological polar surface area (TPSA) is 182 Å². The fourth-order valence-corrected chi connectivity index (χ4v) is 5.33. The molecule has 6 N–H and O–H groups in total. The zero-order valence-corrected chi connectivity index (χ0v) is 28.1. The van der Waals surface area contributed by atoms with Gasteiger partial charge in [-0.2, -0.15) is 11.8 Å². The molecule has 12 nitrogen and oxygen atoms in total. The number of aryl methyl sites for hydroxylation is 1. The first-order valence-corrected chi connectivity index (χ1v) is 17.0. The van der Waals surface area contributed by atoms with Gasteiger partial charge < -0.3 is 36.2 Å². The van der Waals surface area contributed by atoms with Crippen molar-refractivity contribution in [3.63, 3.8) is 0 Å². The molecule has 13 heteroatoms. The van der Waals surface area contributed by atoms with E-state index in [1.54, 1.807) is 39.0 Å². The lowest BCUT2D eigenvalue weighted by atomic mass is 10.0. The van der Waals surface area contributed by atoms with Gasteiger partial charge in [0.05, 0.1) is 0 Å². The number of alkyl carbamates (subject to hydrolysis) is 1. The standard InChI is InChI=1S/C34H45N5O7S/c1-21(2)30(39-34(44)45-20-23-10-6-5-7-11-23)33(43)38-26(12-8-9-16-35)32(42)37-27(15-17-47-4)31(41)36-24-13-14-25-22(3)18-29(40)46-28(25)19-24/h5-7,10-11,13-14,18-19,21,26-27,30H,8-9,12,15-17,20,35H2,1-4H3,(H,36,41)(H,37,42)(H,38,43)(H,39,44)/t26-,27-,30-/m0/s1. The van der Waals surface area contributed by atoms with Gasteiger partial charge in [0.2, 0.25) is 17.7 Å². The molecule has 0 aliphatic carbocycles. The molecule has 0 bridgehead atoms. The summed E-state index contributed by atoms with van der Waals surface area (Å²) in [6.07, 6.45) is 2.92. The third-order valence-corrected chi connectivity index (χ3v) is 8.12. The monoisotopic (exact) mass is 667 g/mol. The van der Waals surface area contributed by atoms with Gasteiger partial charge in [-0.05, 0) is 80.3 Å². The minimum absolute atomic E-state index is 0.0377. The van der Waals surface area contributed by atoms with Crippen LogP contribution >= 0.6 is 11.8 Å². The molecule has 4 amide bonds. The second-order valence-corrected chi connectivity index (χ2v) is 12.6. The molecular weight excluding hydrogens is 622 g/mol. The summed E-state index contributed by atoms with van der Waals surface area (Å²) in [5, 5.41) is 11.7. The molecule has 0 aliphatic heterocycles. The maximum atomic E-state index is 13.6. The Balaban J connectivity index is 1.71. The first kappa shape index (κ1) is 37.1. The van der Waals surface area contributed by atoms with Crippen molar-refractivity contribution >= 4 is 52.2 Å². The normalized spacial score (nSPS) is 13.0. The molecule has 254 valence electrons. The molecule has 1 heterocycles. The third-order valence-electron chi connectivity index (χ3n) is 7.48. The number of carbonyl (C=O) groups excluding carboxylic acids is 4. The lowest BCUT2D eigenvalue weighted by molar-refractivity contribution is -0.132.